The van der Waals surface area contributed by atoms with Gasteiger partial charge in [0.1, 0.15) is 0 Å². The van der Waals surface area contributed by atoms with Gasteiger partial charge in [0.2, 0.25) is 0 Å². The summed E-state index contributed by atoms with van der Waals surface area (Å²) in [6.45, 7) is 7.45. The minimum absolute atomic E-state index is 0.0654. The number of nitrogens with zero attached hydrogens (tertiary/aromatic N) is 1. The number of piperidine rings is 1. The summed E-state index contributed by atoms with van der Waals surface area (Å²) in [6, 6.07) is -0.0654. The summed E-state index contributed by atoms with van der Waals surface area (Å²) in [6.07, 6.45) is 2.27. The third-order valence-corrected chi connectivity index (χ3v) is 3.49. The van der Waals surface area contributed by atoms with Crippen LogP contribution < -0.4 is 11.1 Å². The van der Waals surface area contributed by atoms with Crippen LogP contribution in [-0.2, 0) is 0 Å². The summed E-state index contributed by atoms with van der Waals surface area (Å²) < 4.78 is 0. The van der Waals surface area contributed by atoms with Gasteiger partial charge in [-0.3, -0.25) is 0 Å². The zero-order valence-electron chi connectivity index (χ0n) is 10.2. The first-order valence-corrected chi connectivity index (χ1v) is 6.11. The highest BCUT2D eigenvalue weighted by molar-refractivity contribution is 7.80. The maximum Gasteiger partial charge on any atom is 0.318 e. The van der Waals surface area contributed by atoms with E-state index in [4.69, 9.17) is 18.0 Å². The molecule has 16 heavy (non-hydrogen) atoms. The lowest BCUT2D eigenvalue weighted by Crippen LogP contribution is -2.57. The fourth-order valence-corrected chi connectivity index (χ4v) is 1.83. The summed E-state index contributed by atoms with van der Waals surface area (Å²) in [5, 5.41) is 2.87. The summed E-state index contributed by atoms with van der Waals surface area (Å²) in [5.74, 6) is 0.576. The van der Waals surface area contributed by atoms with Gasteiger partial charge in [-0.25, -0.2) is 4.79 Å². The predicted octanol–water partition coefficient (Wildman–Crippen LogP) is 1.49. The van der Waals surface area contributed by atoms with Gasteiger partial charge in [0.25, 0.3) is 0 Å². The number of nitrogens with one attached hydrogen (secondary N) is 1. The van der Waals surface area contributed by atoms with Gasteiger partial charge in [-0.15, -0.1) is 0 Å². The van der Waals surface area contributed by atoms with E-state index in [1.54, 1.807) is 0 Å². The molecular formula is C11H21N3OS. The normalized spacial score (nSPS) is 21.7. The first kappa shape index (κ1) is 13.2. The molecule has 0 radical (unpaired) electrons. The molecule has 1 unspecified atom stereocenters. The lowest BCUT2D eigenvalue weighted by molar-refractivity contribution is 0.165. The maximum absolute atomic E-state index is 12.0. The second-order valence-corrected chi connectivity index (χ2v) is 5.55. The van der Waals surface area contributed by atoms with Gasteiger partial charge in [-0.2, -0.15) is 0 Å². The molecule has 1 rings (SSSR count). The molecule has 0 bridgehead atoms. The molecule has 1 heterocycles. The van der Waals surface area contributed by atoms with Crippen LogP contribution in [0.3, 0.4) is 0 Å². The fraction of sp³-hybridized carbons (Fsp3) is 0.818. The number of carbonyl (C=O) groups is 1. The Bertz CT molecular complexity index is 291. The number of rotatable bonds is 2. The number of carbonyl (C=O) groups excluding carboxylic acids is 1. The highest BCUT2D eigenvalue weighted by atomic mass is 32.1. The minimum atomic E-state index is -0.618. The number of thiocarbonyl (C=S) groups is 1. The molecule has 0 aromatic rings. The third-order valence-electron chi connectivity index (χ3n) is 2.98. The number of hydrogen-bond acceptors (Lipinski definition) is 2. The molecule has 1 saturated heterocycles. The van der Waals surface area contributed by atoms with Crippen molar-refractivity contribution in [1.29, 1.82) is 0 Å². The van der Waals surface area contributed by atoms with Crippen molar-refractivity contribution in [1.82, 2.24) is 10.2 Å². The maximum atomic E-state index is 12.0. The smallest absolute Gasteiger partial charge is 0.318 e. The van der Waals surface area contributed by atoms with Crippen LogP contribution >= 0.6 is 12.2 Å². The van der Waals surface area contributed by atoms with E-state index in [-0.39, 0.29) is 6.03 Å². The molecule has 0 saturated carbocycles. The molecule has 92 valence electrons. The van der Waals surface area contributed by atoms with Crippen molar-refractivity contribution >= 4 is 23.2 Å². The van der Waals surface area contributed by atoms with Crippen LogP contribution in [0.5, 0.6) is 0 Å². The first-order valence-electron chi connectivity index (χ1n) is 5.70. The van der Waals surface area contributed by atoms with Gasteiger partial charge in [0.15, 0.2) is 0 Å². The summed E-state index contributed by atoms with van der Waals surface area (Å²) in [5.41, 5.74) is 4.96. The van der Waals surface area contributed by atoms with Crippen molar-refractivity contribution in [3.63, 3.8) is 0 Å². The summed E-state index contributed by atoms with van der Waals surface area (Å²) >= 11 is 4.92. The van der Waals surface area contributed by atoms with Crippen molar-refractivity contribution in [3.8, 4) is 0 Å². The molecule has 0 aliphatic carbocycles. The zero-order chi connectivity index (χ0) is 12.3. The van der Waals surface area contributed by atoms with Crippen LogP contribution in [0, 0.1) is 5.92 Å². The van der Waals surface area contributed by atoms with Crippen LogP contribution in [0.4, 0.5) is 4.79 Å². The van der Waals surface area contributed by atoms with Crippen LogP contribution in [0.1, 0.15) is 33.6 Å². The van der Waals surface area contributed by atoms with Crippen LogP contribution in [-0.4, -0.2) is 34.5 Å². The molecule has 1 aliphatic rings. The number of likely N-dealkylation sites (tertiary alicyclic amines) is 1. The Labute approximate surface area is 103 Å². The number of hydrogen-bond donors (Lipinski definition) is 2. The van der Waals surface area contributed by atoms with Crippen molar-refractivity contribution in [2.24, 2.45) is 11.7 Å². The van der Waals surface area contributed by atoms with E-state index in [1.165, 1.54) is 6.42 Å². The van der Waals surface area contributed by atoms with Crippen LogP contribution in [0.25, 0.3) is 0 Å². The first-order chi connectivity index (χ1) is 7.33. The van der Waals surface area contributed by atoms with Crippen molar-refractivity contribution in [3.05, 3.63) is 0 Å². The molecule has 0 aromatic carbocycles. The predicted molar refractivity (Wildman–Crippen MR) is 69.4 cm³/mol. The van der Waals surface area contributed by atoms with E-state index in [0.717, 1.165) is 19.5 Å². The zero-order valence-corrected chi connectivity index (χ0v) is 11.1. The SMILES string of the molecule is CC1CCCN(C(=O)NC(C)(C)C(N)=S)C1. The molecule has 4 nitrogen and oxygen atoms in total. The van der Waals surface area contributed by atoms with Crippen molar-refractivity contribution < 1.29 is 4.79 Å². The second kappa shape index (κ2) is 4.99. The molecule has 2 amide bonds. The van der Waals surface area contributed by atoms with E-state index in [2.05, 4.69) is 12.2 Å². The average molecular weight is 243 g/mol. The third kappa shape index (κ3) is 3.33. The van der Waals surface area contributed by atoms with Gasteiger partial charge >= 0.3 is 6.03 Å². The van der Waals surface area contributed by atoms with E-state index in [0.29, 0.717) is 10.9 Å². The largest absolute Gasteiger partial charge is 0.391 e. The Balaban J connectivity index is 2.55. The molecule has 1 aliphatic heterocycles. The summed E-state index contributed by atoms with van der Waals surface area (Å²) in [7, 11) is 0. The fourth-order valence-electron chi connectivity index (χ4n) is 1.78. The molecule has 0 spiro atoms. The van der Waals surface area contributed by atoms with Gasteiger partial charge in [-0.1, -0.05) is 19.1 Å². The molecule has 1 fully saturated rings. The van der Waals surface area contributed by atoms with Crippen LogP contribution in [0.2, 0.25) is 0 Å². The van der Waals surface area contributed by atoms with E-state index < -0.39 is 5.54 Å². The standard InChI is InChI=1S/C11H21N3OS/c1-8-5-4-6-14(7-8)10(15)13-11(2,3)9(12)16/h8H,4-7H2,1-3H3,(H2,12,16)(H,13,15). The van der Waals surface area contributed by atoms with E-state index in [9.17, 15) is 4.79 Å². The highest BCUT2D eigenvalue weighted by Crippen LogP contribution is 2.16. The molecule has 1 atom stereocenters. The quantitative estimate of drug-likeness (QED) is 0.723. The van der Waals surface area contributed by atoms with Crippen molar-refractivity contribution in [2.75, 3.05) is 13.1 Å². The number of amides is 2. The topological polar surface area (TPSA) is 58.4 Å². The lowest BCUT2D eigenvalue weighted by Gasteiger charge is -2.34. The average Bonchev–Trinajstić information content (AvgIpc) is 2.16. The lowest BCUT2D eigenvalue weighted by atomic mass is 10.0. The van der Waals surface area contributed by atoms with Gasteiger partial charge in [0.05, 0.1) is 10.5 Å². The molecule has 5 heteroatoms. The Morgan fingerprint density at radius 3 is 2.69 bits per heavy atom. The monoisotopic (exact) mass is 243 g/mol. The Morgan fingerprint density at radius 1 is 1.56 bits per heavy atom. The Hall–Kier alpha value is -0.840. The van der Waals surface area contributed by atoms with Crippen molar-refractivity contribution in [2.45, 2.75) is 39.2 Å². The second-order valence-electron chi connectivity index (χ2n) is 5.11. The molecular weight excluding hydrogens is 222 g/mol. The molecule has 0 aromatic heterocycles. The van der Waals surface area contributed by atoms with E-state index in [1.807, 2.05) is 18.7 Å². The van der Waals surface area contributed by atoms with E-state index >= 15 is 0 Å². The summed E-state index contributed by atoms with van der Waals surface area (Å²) in [4.78, 5) is 14.1. The Morgan fingerprint density at radius 2 is 2.19 bits per heavy atom. The number of nitrogens with two attached hydrogens (primary N) is 1. The highest BCUT2D eigenvalue weighted by Gasteiger charge is 2.28. The minimum Gasteiger partial charge on any atom is -0.391 e. The Kier molecular flexibility index (Phi) is 4.13. The number of urea groups is 1. The van der Waals surface area contributed by atoms with Gasteiger partial charge in [0, 0.05) is 13.1 Å². The molecule has 3 N–H and O–H groups in total. The van der Waals surface area contributed by atoms with Gasteiger partial charge < -0.3 is 16.0 Å². The van der Waals surface area contributed by atoms with Crippen LogP contribution in [0.15, 0.2) is 0 Å². The van der Waals surface area contributed by atoms with Gasteiger partial charge in [-0.05, 0) is 32.6 Å².